The van der Waals surface area contributed by atoms with Crippen LogP contribution in [-0.2, 0) is 4.79 Å². The molecule has 1 aromatic rings. The lowest BCUT2D eigenvalue weighted by atomic mass is 10.2. The SMILES string of the molecule is CCCN(CC(=O)N(C)C)C(=O)c1cc(Br)cc(Br)c1. The second-order valence-electron chi connectivity index (χ2n) is 4.67. The molecule has 0 fully saturated rings. The number of benzene rings is 1. The highest BCUT2D eigenvalue weighted by Crippen LogP contribution is 2.21. The van der Waals surface area contributed by atoms with Gasteiger partial charge in [-0.3, -0.25) is 9.59 Å². The Morgan fingerprint density at radius 2 is 1.65 bits per heavy atom. The van der Waals surface area contributed by atoms with E-state index in [9.17, 15) is 9.59 Å². The summed E-state index contributed by atoms with van der Waals surface area (Å²) in [5.41, 5.74) is 0.561. The van der Waals surface area contributed by atoms with E-state index < -0.39 is 0 Å². The maximum absolute atomic E-state index is 12.5. The zero-order chi connectivity index (χ0) is 15.3. The van der Waals surface area contributed by atoms with Crippen LogP contribution in [0.4, 0.5) is 0 Å². The van der Waals surface area contributed by atoms with Crippen LogP contribution in [0.2, 0.25) is 0 Å². The van der Waals surface area contributed by atoms with Gasteiger partial charge in [0, 0.05) is 35.1 Å². The van der Waals surface area contributed by atoms with E-state index in [2.05, 4.69) is 31.9 Å². The maximum Gasteiger partial charge on any atom is 0.254 e. The lowest BCUT2D eigenvalue weighted by Crippen LogP contribution is -2.40. The topological polar surface area (TPSA) is 40.6 Å². The predicted molar refractivity (Wildman–Crippen MR) is 86.7 cm³/mol. The van der Waals surface area contributed by atoms with Gasteiger partial charge in [-0.05, 0) is 24.6 Å². The maximum atomic E-state index is 12.5. The first kappa shape index (κ1) is 17.2. The molecule has 2 amide bonds. The number of halogens is 2. The zero-order valence-electron chi connectivity index (χ0n) is 11.8. The highest BCUT2D eigenvalue weighted by molar-refractivity contribution is 9.11. The molecule has 0 aromatic heterocycles. The number of hydrogen-bond acceptors (Lipinski definition) is 2. The molecular formula is C14H18Br2N2O2. The van der Waals surface area contributed by atoms with E-state index in [1.807, 2.05) is 13.0 Å². The highest BCUT2D eigenvalue weighted by Gasteiger charge is 2.19. The molecular weight excluding hydrogens is 388 g/mol. The van der Waals surface area contributed by atoms with Crippen LogP contribution in [-0.4, -0.2) is 48.8 Å². The summed E-state index contributed by atoms with van der Waals surface area (Å²) in [7, 11) is 3.37. The van der Waals surface area contributed by atoms with Gasteiger partial charge in [0.1, 0.15) is 6.54 Å². The van der Waals surface area contributed by atoms with Crippen LogP contribution in [0.15, 0.2) is 27.1 Å². The van der Waals surface area contributed by atoms with Crippen LogP contribution >= 0.6 is 31.9 Å². The number of likely N-dealkylation sites (N-methyl/N-ethyl adjacent to an activating group) is 1. The average Bonchev–Trinajstić information content (AvgIpc) is 2.35. The minimum absolute atomic E-state index is 0.0825. The summed E-state index contributed by atoms with van der Waals surface area (Å²) in [5, 5.41) is 0. The molecule has 0 aliphatic rings. The molecule has 0 atom stereocenters. The van der Waals surface area contributed by atoms with Crippen LogP contribution in [0, 0.1) is 0 Å². The van der Waals surface area contributed by atoms with Gasteiger partial charge < -0.3 is 9.80 Å². The summed E-state index contributed by atoms with van der Waals surface area (Å²) in [4.78, 5) is 27.4. The number of amides is 2. The molecule has 0 aliphatic heterocycles. The van der Waals surface area contributed by atoms with Gasteiger partial charge in [-0.1, -0.05) is 38.8 Å². The fraction of sp³-hybridized carbons (Fsp3) is 0.429. The molecule has 0 saturated heterocycles. The summed E-state index contributed by atoms with van der Waals surface area (Å²) in [6.07, 6.45) is 0.807. The van der Waals surface area contributed by atoms with Gasteiger partial charge >= 0.3 is 0 Å². The largest absolute Gasteiger partial charge is 0.347 e. The molecule has 20 heavy (non-hydrogen) atoms. The molecule has 1 aromatic carbocycles. The van der Waals surface area contributed by atoms with Crippen molar-refractivity contribution in [1.29, 1.82) is 0 Å². The van der Waals surface area contributed by atoms with Crippen molar-refractivity contribution in [3.05, 3.63) is 32.7 Å². The number of rotatable bonds is 5. The van der Waals surface area contributed by atoms with Crippen LogP contribution in [0.3, 0.4) is 0 Å². The molecule has 0 saturated carbocycles. The van der Waals surface area contributed by atoms with E-state index in [1.165, 1.54) is 4.90 Å². The minimum atomic E-state index is -0.135. The Labute approximate surface area is 136 Å². The van der Waals surface area contributed by atoms with E-state index >= 15 is 0 Å². The van der Waals surface area contributed by atoms with E-state index in [0.29, 0.717) is 12.1 Å². The Morgan fingerprint density at radius 1 is 1.10 bits per heavy atom. The van der Waals surface area contributed by atoms with E-state index in [1.54, 1.807) is 31.1 Å². The Kier molecular flexibility index (Phi) is 6.68. The lowest BCUT2D eigenvalue weighted by Gasteiger charge is -2.23. The minimum Gasteiger partial charge on any atom is -0.347 e. The summed E-state index contributed by atoms with van der Waals surface area (Å²) in [6, 6.07) is 5.39. The Morgan fingerprint density at radius 3 is 2.10 bits per heavy atom. The molecule has 0 N–H and O–H groups in total. The number of carbonyl (C=O) groups is 2. The number of nitrogens with zero attached hydrogens (tertiary/aromatic N) is 2. The fourth-order valence-electron chi connectivity index (χ4n) is 1.69. The summed E-state index contributed by atoms with van der Waals surface area (Å²) in [5.74, 6) is -0.218. The second-order valence-corrected chi connectivity index (χ2v) is 6.50. The van der Waals surface area contributed by atoms with Crippen molar-refractivity contribution in [2.75, 3.05) is 27.2 Å². The summed E-state index contributed by atoms with van der Waals surface area (Å²) < 4.78 is 1.65. The van der Waals surface area contributed by atoms with Crippen LogP contribution in [0.1, 0.15) is 23.7 Å². The van der Waals surface area contributed by atoms with Crippen molar-refractivity contribution in [3.8, 4) is 0 Å². The first-order valence-corrected chi connectivity index (χ1v) is 7.89. The van der Waals surface area contributed by atoms with Crippen molar-refractivity contribution >= 4 is 43.7 Å². The third kappa shape index (κ3) is 4.90. The molecule has 0 bridgehead atoms. The number of carbonyl (C=O) groups excluding carboxylic acids is 2. The van der Waals surface area contributed by atoms with E-state index in [4.69, 9.17) is 0 Å². The Hall–Kier alpha value is -0.880. The third-order valence-corrected chi connectivity index (χ3v) is 3.63. The quantitative estimate of drug-likeness (QED) is 0.754. The smallest absolute Gasteiger partial charge is 0.254 e. The second kappa shape index (κ2) is 7.78. The van der Waals surface area contributed by atoms with Crippen molar-refractivity contribution in [2.24, 2.45) is 0 Å². The highest BCUT2D eigenvalue weighted by atomic mass is 79.9. The molecule has 0 heterocycles. The third-order valence-electron chi connectivity index (χ3n) is 2.72. The first-order valence-electron chi connectivity index (χ1n) is 6.30. The average molecular weight is 406 g/mol. The molecule has 0 spiro atoms. The Bertz CT molecular complexity index is 484. The number of hydrogen-bond donors (Lipinski definition) is 0. The zero-order valence-corrected chi connectivity index (χ0v) is 15.0. The first-order chi connectivity index (χ1) is 9.35. The molecule has 0 radical (unpaired) electrons. The Balaban J connectivity index is 2.95. The predicted octanol–water partition coefficient (Wildman–Crippen LogP) is 3.15. The normalized spacial score (nSPS) is 10.2. The van der Waals surface area contributed by atoms with Crippen LogP contribution < -0.4 is 0 Å². The van der Waals surface area contributed by atoms with Gasteiger partial charge in [0.15, 0.2) is 0 Å². The molecule has 0 aliphatic carbocycles. The fourth-order valence-corrected chi connectivity index (χ4v) is 2.98. The van der Waals surface area contributed by atoms with Gasteiger partial charge in [-0.15, -0.1) is 0 Å². The van der Waals surface area contributed by atoms with Gasteiger partial charge in [0.2, 0.25) is 5.91 Å². The van der Waals surface area contributed by atoms with Crippen LogP contribution in [0.25, 0.3) is 0 Å². The van der Waals surface area contributed by atoms with Crippen molar-refractivity contribution in [2.45, 2.75) is 13.3 Å². The summed E-state index contributed by atoms with van der Waals surface area (Å²) >= 11 is 6.74. The molecule has 4 nitrogen and oxygen atoms in total. The molecule has 6 heteroatoms. The van der Waals surface area contributed by atoms with E-state index in [0.717, 1.165) is 15.4 Å². The molecule has 110 valence electrons. The van der Waals surface area contributed by atoms with Crippen molar-refractivity contribution < 1.29 is 9.59 Å². The van der Waals surface area contributed by atoms with Crippen molar-refractivity contribution in [1.82, 2.24) is 9.80 Å². The van der Waals surface area contributed by atoms with Gasteiger partial charge in [0.25, 0.3) is 5.91 Å². The van der Waals surface area contributed by atoms with E-state index in [-0.39, 0.29) is 18.4 Å². The van der Waals surface area contributed by atoms with Gasteiger partial charge in [0.05, 0.1) is 0 Å². The van der Waals surface area contributed by atoms with Gasteiger partial charge in [-0.25, -0.2) is 0 Å². The lowest BCUT2D eigenvalue weighted by molar-refractivity contribution is -0.129. The molecule has 0 unspecified atom stereocenters. The summed E-state index contributed by atoms with van der Waals surface area (Å²) in [6.45, 7) is 2.64. The molecule has 1 rings (SSSR count). The standard InChI is InChI=1S/C14H18Br2N2O2/c1-4-5-18(9-13(19)17(2)3)14(20)10-6-11(15)8-12(16)7-10/h6-8H,4-5,9H2,1-3H3. The van der Waals surface area contributed by atoms with Crippen molar-refractivity contribution in [3.63, 3.8) is 0 Å². The monoisotopic (exact) mass is 404 g/mol. The van der Waals surface area contributed by atoms with Crippen LogP contribution in [0.5, 0.6) is 0 Å². The van der Waals surface area contributed by atoms with Gasteiger partial charge in [-0.2, -0.15) is 0 Å².